The number of hydrogen-bond acceptors (Lipinski definition) is 8. The Kier molecular flexibility index (Phi) is 6.90. The zero-order valence-corrected chi connectivity index (χ0v) is 18.1. The standard InChI is InChI=1S/C21H29N7O3/c1-3-30-11-8-28-18-12-16(17-14-24-26(2)15-17)13-23-19(18)25-20(21(28)29)22-4-5-27-6-9-31-10-7-27/h12-15H,3-11H2,1-2H3,(H,22,23,25). The number of ether oxygens (including phenoxy) is 2. The maximum absolute atomic E-state index is 13.2. The number of fused-ring (bicyclic) bond motifs is 1. The number of nitrogens with zero attached hydrogens (tertiary/aromatic N) is 6. The van der Waals surface area contributed by atoms with Gasteiger partial charge < -0.3 is 14.8 Å². The molecule has 10 heteroatoms. The minimum absolute atomic E-state index is 0.167. The van der Waals surface area contributed by atoms with Crippen LogP contribution in [0.15, 0.2) is 29.5 Å². The average Bonchev–Trinajstić information content (AvgIpc) is 3.23. The van der Waals surface area contributed by atoms with Crippen molar-refractivity contribution in [3.05, 3.63) is 35.0 Å². The molecule has 4 rings (SSSR count). The van der Waals surface area contributed by atoms with Gasteiger partial charge in [-0.15, -0.1) is 0 Å². The molecular formula is C21H29N7O3. The minimum Gasteiger partial charge on any atom is -0.380 e. The van der Waals surface area contributed by atoms with Gasteiger partial charge in [0.1, 0.15) is 0 Å². The van der Waals surface area contributed by atoms with Crippen LogP contribution in [0.5, 0.6) is 0 Å². The summed E-state index contributed by atoms with van der Waals surface area (Å²) in [6.07, 6.45) is 5.46. The van der Waals surface area contributed by atoms with Gasteiger partial charge in [0.05, 0.1) is 31.5 Å². The van der Waals surface area contributed by atoms with E-state index >= 15 is 0 Å². The van der Waals surface area contributed by atoms with Crippen LogP contribution in [0.4, 0.5) is 5.82 Å². The van der Waals surface area contributed by atoms with E-state index in [1.54, 1.807) is 21.6 Å². The van der Waals surface area contributed by atoms with Crippen molar-refractivity contribution in [2.24, 2.45) is 7.05 Å². The fraction of sp³-hybridized carbons (Fsp3) is 0.524. The third-order valence-electron chi connectivity index (χ3n) is 5.33. The van der Waals surface area contributed by atoms with E-state index in [-0.39, 0.29) is 5.56 Å². The smallest absolute Gasteiger partial charge is 0.293 e. The van der Waals surface area contributed by atoms with E-state index in [4.69, 9.17) is 9.47 Å². The third-order valence-corrected chi connectivity index (χ3v) is 5.33. The van der Waals surface area contributed by atoms with Crippen LogP contribution in [0, 0.1) is 0 Å². The Morgan fingerprint density at radius 1 is 1.19 bits per heavy atom. The maximum Gasteiger partial charge on any atom is 0.293 e. The van der Waals surface area contributed by atoms with Gasteiger partial charge in [-0.1, -0.05) is 0 Å². The van der Waals surface area contributed by atoms with Crippen molar-refractivity contribution >= 4 is 17.0 Å². The highest BCUT2D eigenvalue weighted by atomic mass is 16.5. The molecule has 166 valence electrons. The van der Waals surface area contributed by atoms with Crippen LogP contribution in [0.3, 0.4) is 0 Å². The lowest BCUT2D eigenvalue weighted by Crippen LogP contribution is -2.39. The largest absolute Gasteiger partial charge is 0.380 e. The Morgan fingerprint density at radius 2 is 2.03 bits per heavy atom. The normalized spacial score (nSPS) is 14.9. The lowest BCUT2D eigenvalue weighted by Gasteiger charge is -2.26. The van der Waals surface area contributed by atoms with Gasteiger partial charge >= 0.3 is 0 Å². The maximum atomic E-state index is 13.2. The molecule has 10 nitrogen and oxygen atoms in total. The molecule has 0 aliphatic carbocycles. The Bertz CT molecular complexity index is 1070. The van der Waals surface area contributed by atoms with Gasteiger partial charge in [0.15, 0.2) is 11.5 Å². The number of aromatic nitrogens is 5. The van der Waals surface area contributed by atoms with Crippen molar-refractivity contribution < 1.29 is 9.47 Å². The van der Waals surface area contributed by atoms with E-state index in [0.717, 1.165) is 44.0 Å². The first kappa shape index (κ1) is 21.4. The van der Waals surface area contributed by atoms with Crippen LogP contribution >= 0.6 is 0 Å². The summed E-state index contributed by atoms with van der Waals surface area (Å²) < 4.78 is 14.3. The number of aryl methyl sites for hydroxylation is 1. The third kappa shape index (κ3) is 5.09. The summed E-state index contributed by atoms with van der Waals surface area (Å²) in [5.41, 5.74) is 2.87. The van der Waals surface area contributed by atoms with Crippen LogP contribution in [0.2, 0.25) is 0 Å². The fourth-order valence-corrected chi connectivity index (χ4v) is 3.64. The molecule has 31 heavy (non-hydrogen) atoms. The van der Waals surface area contributed by atoms with Crippen LogP contribution in [0.1, 0.15) is 6.92 Å². The second kappa shape index (κ2) is 9.99. The summed E-state index contributed by atoms with van der Waals surface area (Å²) in [6.45, 7) is 8.19. The molecule has 3 aromatic rings. The van der Waals surface area contributed by atoms with Gasteiger partial charge in [-0.2, -0.15) is 5.10 Å². The molecule has 1 saturated heterocycles. The van der Waals surface area contributed by atoms with Crippen molar-refractivity contribution in [2.75, 3.05) is 57.9 Å². The Morgan fingerprint density at radius 3 is 2.77 bits per heavy atom. The van der Waals surface area contributed by atoms with Crippen LogP contribution < -0.4 is 10.9 Å². The number of rotatable bonds is 9. The van der Waals surface area contributed by atoms with Crippen molar-refractivity contribution in [3.8, 4) is 11.1 Å². The monoisotopic (exact) mass is 427 g/mol. The Balaban J connectivity index is 1.62. The first-order valence-electron chi connectivity index (χ1n) is 10.7. The second-order valence-electron chi connectivity index (χ2n) is 7.46. The van der Waals surface area contributed by atoms with Crippen LogP contribution in [-0.4, -0.2) is 81.8 Å². The van der Waals surface area contributed by atoms with Gasteiger partial charge in [0.2, 0.25) is 0 Å². The molecule has 3 aromatic heterocycles. The van der Waals surface area contributed by atoms with Gasteiger partial charge in [-0.3, -0.25) is 18.9 Å². The molecule has 1 fully saturated rings. The van der Waals surface area contributed by atoms with Crippen molar-refractivity contribution in [1.29, 1.82) is 0 Å². The number of morpholine rings is 1. The number of anilines is 1. The predicted molar refractivity (Wildman–Crippen MR) is 118 cm³/mol. The van der Waals surface area contributed by atoms with Gasteiger partial charge in [-0.05, 0) is 13.0 Å². The second-order valence-corrected chi connectivity index (χ2v) is 7.46. The zero-order chi connectivity index (χ0) is 21.6. The van der Waals surface area contributed by atoms with Gasteiger partial charge in [0.25, 0.3) is 5.56 Å². The number of pyridine rings is 1. The number of nitrogens with one attached hydrogen (secondary N) is 1. The molecule has 1 aliphatic rings. The van der Waals surface area contributed by atoms with E-state index < -0.39 is 0 Å². The average molecular weight is 428 g/mol. The highest BCUT2D eigenvalue weighted by Crippen LogP contribution is 2.21. The van der Waals surface area contributed by atoms with E-state index in [0.29, 0.717) is 43.3 Å². The van der Waals surface area contributed by atoms with E-state index in [2.05, 4.69) is 25.3 Å². The first-order valence-corrected chi connectivity index (χ1v) is 10.7. The SMILES string of the molecule is CCOCCn1c(=O)c(NCCN2CCOCC2)nc2ncc(-c3cnn(C)c3)cc21. The van der Waals surface area contributed by atoms with Gasteiger partial charge in [0, 0.05) is 69.9 Å². The molecule has 0 atom stereocenters. The molecule has 0 radical (unpaired) electrons. The van der Waals surface area contributed by atoms with E-state index in [1.807, 2.05) is 26.2 Å². The fourth-order valence-electron chi connectivity index (χ4n) is 3.64. The molecule has 0 amide bonds. The molecular weight excluding hydrogens is 398 g/mol. The molecule has 0 aromatic carbocycles. The quantitative estimate of drug-likeness (QED) is 0.505. The summed E-state index contributed by atoms with van der Waals surface area (Å²) in [5, 5.41) is 7.43. The molecule has 1 aliphatic heterocycles. The lowest BCUT2D eigenvalue weighted by atomic mass is 10.1. The minimum atomic E-state index is -0.167. The predicted octanol–water partition coefficient (Wildman–Crippen LogP) is 0.973. The summed E-state index contributed by atoms with van der Waals surface area (Å²) >= 11 is 0. The zero-order valence-electron chi connectivity index (χ0n) is 18.1. The highest BCUT2D eigenvalue weighted by molar-refractivity contribution is 5.78. The van der Waals surface area contributed by atoms with E-state index in [1.165, 1.54) is 0 Å². The topological polar surface area (TPSA) is 99.3 Å². The summed E-state index contributed by atoms with van der Waals surface area (Å²) in [4.78, 5) is 24.6. The molecule has 0 spiro atoms. The molecule has 4 heterocycles. The van der Waals surface area contributed by atoms with Crippen molar-refractivity contribution in [3.63, 3.8) is 0 Å². The molecule has 0 bridgehead atoms. The van der Waals surface area contributed by atoms with Crippen LogP contribution in [0.25, 0.3) is 22.3 Å². The van der Waals surface area contributed by atoms with Crippen molar-refractivity contribution in [1.82, 2.24) is 29.2 Å². The lowest BCUT2D eigenvalue weighted by molar-refractivity contribution is 0.0398. The van der Waals surface area contributed by atoms with Gasteiger partial charge in [-0.25, -0.2) is 9.97 Å². The Hall–Kier alpha value is -2.82. The molecule has 0 saturated carbocycles. The van der Waals surface area contributed by atoms with Crippen molar-refractivity contribution in [2.45, 2.75) is 13.5 Å². The first-order chi connectivity index (χ1) is 15.2. The highest BCUT2D eigenvalue weighted by Gasteiger charge is 2.15. The molecule has 0 unspecified atom stereocenters. The van der Waals surface area contributed by atoms with Crippen LogP contribution in [-0.2, 0) is 23.1 Å². The summed E-state index contributed by atoms with van der Waals surface area (Å²) in [7, 11) is 1.87. The number of hydrogen-bond donors (Lipinski definition) is 1. The molecule has 1 N–H and O–H groups in total. The Labute approximate surface area is 180 Å². The van der Waals surface area contributed by atoms with E-state index in [9.17, 15) is 4.79 Å². The summed E-state index contributed by atoms with van der Waals surface area (Å²) in [5.74, 6) is 0.318. The summed E-state index contributed by atoms with van der Waals surface area (Å²) in [6, 6.07) is 1.94.